The minimum atomic E-state index is 0.539. The van der Waals surface area contributed by atoms with E-state index in [-0.39, 0.29) is 0 Å². The Morgan fingerprint density at radius 2 is 2.20 bits per heavy atom. The molecule has 1 heteroatoms. The monoisotopic (exact) mass is 199 g/mol. The zero-order chi connectivity index (χ0) is 10.7. The van der Waals surface area contributed by atoms with Crippen LogP contribution in [-0.4, -0.2) is 6.21 Å². The van der Waals surface area contributed by atoms with E-state index in [1.165, 1.54) is 11.1 Å². The Morgan fingerprint density at radius 3 is 3.00 bits per heavy atom. The van der Waals surface area contributed by atoms with Crippen molar-refractivity contribution in [3.8, 4) is 0 Å². The highest BCUT2D eigenvalue weighted by Crippen LogP contribution is 2.28. The molecule has 0 bridgehead atoms. The van der Waals surface area contributed by atoms with Crippen LogP contribution in [0, 0.1) is 5.92 Å². The molecule has 1 aliphatic heterocycles. The van der Waals surface area contributed by atoms with Crippen LogP contribution >= 0.6 is 0 Å². The normalized spacial score (nSPS) is 25.5. The predicted molar refractivity (Wildman–Crippen MR) is 66.0 cm³/mol. The molecule has 1 unspecified atom stereocenters. The van der Waals surface area contributed by atoms with Gasteiger partial charge in [0.1, 0.15) is 0 Å². The first-order valence-corrected chi connectivity index (χ1v) is 5.53. The van der Waals surface area contributed by atoms with Crippen LogP contribution in [-0.2, 0) is 0 Å². The van der Waals surface area contributed by atoms with Crippen molar-refractivity contribution in [1.82, 2.24) is 0 Å². The van der Waals surface area contributed by atoms with Gasteiger partial charge in [-0.2, -0.15) is 0 Å². The van der Waals surface area contributed by atoms with Gasteiger partial charge in [-0.3, -0.25) is 4.99 Å². The molecule has 0 saturated carbocycles. The van der Waals surface area contributed by atoms with E-state index in [2.05, 4.69) is 49.2 Å². The summed E-state index contributed by atoms with van der Waals surface area (Å²) in [4.78, 5) is 4.49. The molecule has 0 radical (unpaired) electrons. The van der Waals surface area contributed by atoms with Crippen LogP contribution < -0.4 is 0 Å². The molecular weight excluding hydrogens is 182 g/mol. The van der Waals surface area contributed by atoms with Gasteiger partial charge in [-0.15, -0.1) is 0 Å². The topological polar surface area (TPSA) is 12.4 Å². The third-order valence-corrected chi connectivity index (χ3v) is 2.67. The zero-order valence-corrected chi connectivity index (χ0v) is 9.40. The lowest BCUT2D eigenvalue weighted by atomic mass is 9.91. The standard InChI is InChI=1S/C14H17N/c1-11-8-12(2)10-13(9-11)14-6-4-3-5-7-15-14/h3-4,6-9,11H,5,10H2,1-2H3. The molecule has 0 fully saturated rings. The van der Waals surface area contributed by atoms with E-state index in [1.807, 2.05) is 6.21 Å². The molecule has 2 rings (SSSR count). The highest BCUT2D eigenvalue weighted by atomic mass is 14.7. The van der Waals surface area contributed by atoms with Crippen LogP contribution in [0.1, 0.15) is 26.7 Å². The Kier molecular flexibility index (Phi) is 3.00. The number of hydrogen-bond donors (Lipinski definition) is 0. The van der Waals surface area contributed by atoms with Gasteiger partial charge in [0.15, 0.2) is 0 Å². The molecule has 2 aliphatic rings. The van der Waals surface area contributed by atoms with E-state index in [1.54, 1.807) is 0 Å². The SMILES string of the molecule is CC1=CC(C)C=C(C2=CC=CCC=N2)C1. The van der Waals surface area contributed by atoms with Crippen LogP contribution in [0.25, 0.3) is 0 Å². The molecule has 0 spiro atoms. The van der Waals surface area contributed by atoms with Crippen molar-refractivity contribution < 1.29 is 0 Å². The molecule has 1 atom stereocenters. The quantitative estimate of drug-likeness (QED) is 0.569. The number of hydrogen-bond acceptors (Lipinski definition) is 1. The van der Waals surface area contributed by atoms with Gasteiger partial charge in [-0.05, 0) is 30.9 Å². The molecule has 0 amide bonds. The fraction of sp³-hybridized carbons (Fsp3) is 0.357. The predicted octanol–water partition coefficient (Wildman–Crippen LogP) is 3.81. The van der Waals surface area contributed by atoms with Crippen LogP contribution in [0.5, 0.6) is 0 Å². The molecule has 15 heavy (non-hydrogen) atoms. The van der Waals surface area contributed by atoms with Gasteiger partial charge in [-0.1, -0.05) is 36.8 Å². The Morgan fingerprint density at radius 1 is 1.33 bits per heavy atom. The third-order valence-electron chi connectivity index (χ3n) is 2.67. The van der Waals surface area contributed by atoms with Gasteiger partial charge in [0, 0.05) is 12.6 Å². The maximum atomic E-state index is 4.49. The van der Waals surface area contributed by atoms with Crippen molar-refractivity contribution >= 4 is 6.21 Å². The van der Waals surface area contributed by atoms with Crippen LogP contribution in [0.15, 0.2) is 52.2 Å². The minimum absolute atomic E-state index is 0.539. The molecule has 0 aromatic rings. The van der Waals surface area contributed by atoms with Crippen LogP contribution in [0.2, 0.25) is 0 Å². The summed E-state index contributed by atoms with van der Waals surface area (Å²) >= 11 is 0. The highest BCUT2D eigenvalue weighted by molar-refractivity contribution is 5.64. The summed E-state index contributed by atoms with van der Waals surface area (Å²) in [7, 11) is 0. The molecule has 1 heterocycles. The van der Waals surface area contributed by atoms with Gasteiger partial charge >= 0.3 is 0 Å². The fourth-order valence-electron chi connectivity index (χ4n) is 2.09. The fourth-order valence-corrected chi connectivity index (χ4v) is 2.09. The van der Waals surface area contributed by atoms with Gasteiger partial charge in [0.05, 0.1) is 5.70 Å². The van der Waals surface area contributed by atoms with Crippen molar-refractivity contribution in [1.29, 1.82) is 0 Å². The molecule has 0 aromatic carbocycles. The summed E-state index contributed by atoms with van der Waals surface area (Å²) in [5, 5.41) is 0. The second-order valence-electron chi connectivity index (χ2n) is 4.27. The summed E-state index contributed by atoms with van der Waals surface area (Å²) in [6, 6.07) is 0. The van der Waals surface area contributed by atoms with E-state index >= 15 is 0 Å². The zero-order valence-electron chi connectivity index (χ0n) is 9.40. The first-order chi connectivity index (χ1) is 7.25. The number of nitrogens with zero attached hydrogens (tertiary/aromatic N) is 1. The van der Waals surface area contributed by atoms with Crippen molar-refractivity contribution in [3.05, 3.63) is 47.2 Å². The van der Waals surface area contributed by atoms with Crippen molar-refractivity contribution in [2.24, 2.45) is 10.9 Å². The Labute approximate surface area is 91.6 Å². The molecular formula is C14H17N. The lowest BCUT2D eigenvalue weighted by Gasteiger charge is -2.16. The largest absolute Gasteiger partial charge is 0.261 e. The summed E-state index contributed by atoms with van der Waals surface area (Å²) in [6.45, 7) is 4.42. The lowest BCUT2D eigenvalue weighted by molar-refractivity contribution is 0.859. The summed E-state index contributed by atoms with van der Waals surface area (Å²) in [5.41, 5.74) is 3.94. The van der Waals surface area contributed by atoms with E-state index < -0.39 is 0 Å². The first-order valence-electron chi connectivity index (χ1n) is 5.53. The van der Waals surface area contributed by atoms with Gasteiger partial charge in [0.2, 0.25) is 0 Å². The van der Waals surface area contributed by atoms with Crippen molar-refractivity contribution in [2.75, 3.05) is 0 Å². The maximum Gasteiger partial charge on any atom is 0.0657 e. The van der Waals surface area contributed by atoms with Crippen molar-refractivity contribution in [3.63, 3.8) is 0 Å². The van der Waals surface area contributed by atoms with Gasteiger partial charge < -0.3 is 0 Å². The second-order valence-corrected chi connectivity index (χ2v) is 4.27. The smallest absolute Gasteiger partial charge is 0.0657 e. The third kappa shape index (κ3) is 2.56. The summed E-state index contributed by atoms with van der Waals surface area (Å²) < 4.78 is 0. The molecule has 0 aromatic heterocycles. The molecule has 0 N–H and O–H groups in total. The molecule has 78 valence electrons. The Balaban J connectivity index is 2.24. The van der Waals surface area contributed by atoms with E-state index in [4.69, 9.17) is 0 Å². The Hall–Kier alpha value is -1.37. The minimum Gasteiger partial charge on any atom is -0.261 e. The molecule has 1 nitrogen and oxygen atoms in total. The average Bonchev–Trinajstić information content (AvgIpc) is 2.43. The van der Waals surface area contributed by atoms with E-state index in [0.29, 0.717) is 5.92 Å². The number of rotatable bonds is 1. The van der Waals surface area contributed by atoms with Gasteiger partial charge in [0.25, 0.3) is 0 Å². The molecule has 1 aliphatic carbocycles. The maximum absolute atomic E-state index is 4.49. The van der Waals surface area contributed by atoms with E-state index in [0.717, 1.165) is 18.5 Å². The van der Waals surface area contributed by atoms with Crippen LogP contribution in [0.3, 0.4) is 0 Å². The van der Waals surface area contributed by atoms with Gasteiger partial charge in [-0.25, -0.2) is 0 Å². The average molecular weight is 199 g/mol. The highest BCUT2D eigenvalue weighted by Gasteiger charge is 2.11. The van der Waals surface area contributed by atoms with Crippen molar-refractivity contribution in [2.45, 2.75) is 26.7 Å². The van der Waals surface area contributed by atoms with E-state index in [9.17, 15) is 0 Å². The summed E-state index contributed by atoms with van der Waals surface area (Å²) in [6.07, 6.45) is 14.9. The Bertz CT molecular complexity index is 392. The lowest BCUT2D eigenvalue weighted by Crippen LogP contribution is -2.00. The first kappa shape index (κ1) is 10.2. The number of allylic oxidation sites excluding steroid dienone is 7. The number of aliphatic imine (C=N–C) groups is 1. The second kappa shape index (κ2) is 4.43. The van der Waals surface area contributed by atoms with Crippen LogP contribution in [0.4, 0.5) is 0 Å². The molecule has 0 saturated heterocycles. The summed E-state index contributed by atoms with van der Waals surface area (Å²) in [5.74, 6) is 0.539.